The maximum Gasteiger partial charge on any atom is 0.0977 e. The molecule has 0 fully saturated rings. The molecule has 0 unspecified atom stereocenters. The molecule has 2 heteroatoms. The van der Waals surface area contributed by atoms with Crippen molar-refractivity contribution in [2.45, 2.75) is 78.1 Å². The van der Waals surface area contributed by atoms with E-state index >= 15 is 0 Å². The molecular weight excluding hydrogens is 556 g/mol. The molecule has 5 rings (SSSR count). The molecule has 2 heterocycles. The predicted octanol–water partition coefficient (Wildman–Crippen LogP) is 9.79. The molecule has 0 amide bonds. The van der Waals surface area contributed by atoms with E-state index in [0.29, 0.717) is 0 Å². The number of rotatable bonds is 10. The molecule has 46 heavy (non-hydrogen) atoms. The van der Waals surface area contributed by atoms with Gasteiger partial charge in [-0.3, -0.25) is 9.97 Å². The molecule has 226 valence electrons. The zero-order valence-electron chi connectivity index (χ0n) is 27.0. The number of nitrogens with zero attached hydrogens (tertiary/aromatic N) is 2. The molecule has 0 aliphatic rings. The first-order valence-corrected chi connectivity index (χ1v) is 16.5. The van der Waals surface area contributed by atoms with Gasteiger partial charge in [-0.15, -0.1) is 12.8 Å². The van der Waals surface area contributed by atoms with Crippen LogP contribution in [0.15, 0.2) is 73.1 Å². The lowest BCUT2D eigenvalue weighted by Gasteiger charge is -2.13. The highest BCUT2D eigenvalue weighted by atomic mass is 14.7. The zero-order chi connectivity index (χ0) is 32.1. The second kappa shape index (κ2) is 16.2. The van der Waals surface area contributed by atoms with Crippen molar-refractivity contribution in [3.8, 4) is 48.4 Å². The molecule has 0 N–H and O–H groups in total. The van der Waals surface area contributed by atoms with Crippen LogP contribution in [0.5, 0.6) is 0 Å². The molecule has 2 aromatic heterocycles. The molecule has 0 aliphatic carbocycles. The SMILES string of the molecule is C#Cc1ccc(C#Cc2c(CCCCCC)cnc3c2ccc2c(C#Cc4ccc(C#C)cc4)c(CCCCCC)cnc23)cc1. The fourth-order valence-electron chi connectivity index (χ4n) is 5.73. The van der Waals surface area contributed by atoms with Gasteiger partial charge in [-0.25, -0.2) is 0 Å². The van der Waals surface area contributed by atoms with Crippen molar-refractivity contribution >= 4 is 21.8 Å². The molecule has 0 bridgehead atoms. The second-order valence-electron chi connectivity index (χ2n) is 11.7. The Bertz CT molecular complexity index is 1880. The van der Waals surface area contributed by atoms with Crippen LogP contribution in [-0.2, 0) is 12.8 Å². The normalized spacial score (nSPS) is 10.4. The van der Waals surface area contributed by atoms with Crippen LogP contribution >= 0.6 is 0 Å². The number of aromatic nitrogens is 2. The standard InChI is InChI=1S/C44H40N2/c1-5-9-11-13-15-37-31-45-43-41(39(37)27-25-35-21-17-33(7-3)18-22-35)29-30-42-40(28-26-36-23-19-34(8-4)20-24-36)38(32-46-44(42)43)16-14-12-10-6-2/h3-4,17-24,29-32H,5-6,9-16H2,1-2H3. The van der Waals surface area contributed by atoms with Gasteiger partial charge in [0.1, 0.15) is 0 Å². The van der Waals surface area contributed by atoms with Crippen molar-refractivity contribution in [2.75, 3.05) is 0 Å². The lowest BCUT2D eigenvalue weighted by atomic mass is 9.94. The molecule has 0 saturated heterocycles. The molecule has 0 spiro atoms. The quantitative estimate of drug-likeness (QED) is 0.0911. The smallest absolute Gasteiger partial charge is 0.0977 e. The molecule has 3 aromatic carbocycles. The lowest BCUT2D eigenvalue weighted by Crippen LogP contribution is -1.99. The van der Waals surface area contributed by atoms with Gasteiger partial charge in [0.15, 0.2) is 0 Å². The van der Waals surface area contributed by atoms with E-state index in [4.69, 9.17) is 22.8 Å². The highest BCUT2D eigenvalue weighted by molar-refractivity contribution is 6.07. The first-order chi connectivity index (χ1) is 22.6. The fraction of sp³-hybridized carbons (Fsp3) is 0.273. The van der Waals surface area contributed by atoms with Crippen LogP contribution in [-0.4, -0.2) is 9.97 Å². The Balaban J connectivity index is 1.63. The summed E-state index contributed by atoms with van der Waals surface area (Å²) in [4.78, 5) is 10.0. The molecular formula is C44H40N2. The van der Waals surface area contributed by atoms with E-state index in [0.717, 1.165) is 80.9 Å². The van der Waals surface area contributed by atoms with Crippen LogP contribution in [0.1, 0.15) is 110 Å². The van der Waals surface area contributed by atoms with Gasteiger partial charge in [-0.1, -0.05) is 100 Å². The number of aryl methyl sites for hydroxylation is 2. The van der Waals surface area contributed by atoms with Gasteiger partial charge in [0.05, 0.1) is 11.0 Å². The average molecular weight is 597 g/mol. The first kappa shape index (κ1) is 32.1. The van der Waals surface area contributed by atoms with Gasteiger partial charge in [0.2, 0.25) is 0 Å². The summed E-state index contributed by atoms with van der Waals surface area (Å²) < 4.78 is 0. The molecule has 0 saturated carbocycles. The van der Waals surface area contributed by atoms with E-state index in [2.05, 4.69) is 61.5 Å². The van der Waals surface area contributed by atoms with Crippen molar-refractivity contribution in [3.05, 3.63) is 118 Å². The first-order valence-electron chi connectivity index (χ1n) is 16.5. The maximum absolute atomic E-state index is 5.56. The van der Waals surface area contributed by atoms with Gasteiger partial charge in [0, 0.05) is 56.5 Å². The summed E-state index contributed by atoms with van der Waals surface area (Å²) in [5.41, 5.74) is 9.69. The van der Waals surface area contributed by atoms with E-state index in [1.807, 2.05) is 60.9 Å². The Labute approximate surface area is 275 Å². The number of hydrogen-bond acceptors (Lipinski definition) is 2. The Hall–Kier alpha value is -5.28. The minimum atomic E-state index is 0.849. The minimum absolute atomic E-state index is 0.849. The van der Waals surface area contributed by atoms with Crippen LogP contribution in [0.25, 0.3) is 21.8 Å². The topological polar surface area (TPSA) is 25.8 Å². The number of pyridine rings is 2. The van der Waals surface area contributed by atoms with Gasteiger partial charge in [0.25, 0.3) is 0 Å². The third kappa shape index (κ3) is 7.86. The van der Waals surface area contributed by atoms with E-state index in [9.17, 15) is 0 Å². The van der Waals surface area contributed by atoms with Crippen LogP contribution in [0, 0.1) is 48.4 Å². The van der Waals surface area contributed by atoms with E-state index in [-0.39, 0.29) is 0 Å². The summed E-state index contributed by atoms with van der Waals surface area (Å²) in [5, 5.41) is 2.06. The summed E-state index contributed by atoms with van der Waals surface area (Å²) in [5.74, 6) is 19.2. The number of benzene rings is 3. The molecule has 0 radical (unpaired) electrons. The Kier molecular flexibility index (Phi) is 11.3. The third-order valence-corrected chi connectivity index (χ3v) is 8.40. The monoisotopic (exact) mass is 596 g/mol. The minimum Gasteiger partial charge on any atom is -0.254 e. The number of fused-ring (bicyclic) bond motifs is 3. The highest BCUT2D eigenvalue weighted by Gasteiger charge is 2.15. The van der Waals surface area contributed by atoms with Crippen molar-refractivity contribution in [1.82, 2.24) is 9.97 Å². The Morgan fingerprint density at radius 3 is 1.24 bits per heavy atom. The summed E-state index contributed by atoms with van der Waals surface area (Å²) in [6.07, 6.45) is 26.5. The number of terminal acetylenes is 2. The molecule has 2 nitrogen and oxygen atoms in total. The van der Waals surface area contributed by atoms with Crippen LogP contribution in [0.3, 0.4) is 0 Å². The van der Waals surface area contributed by atoms with Crippen molar-refractivity contribution in [2.24, 2.45) is 0 Å². The van der Waals surface area contributed by atoms with E-state index < -0.39 is 0 Å². The van der Waals surface area contributed by atoms with Crippen LogP contribution in [0.4, 0.5) is 0 Å². The average Bonchev–Trinajstić information content (AvgIpc) is 3.10. The zero-order valence-corrected chi connectivity index (χ0v) is 27.0. The van der Waals surface area contributed by atoms with Crippen molar-refractivity contribution in [3.63, 3.8) is 0 Å². The Morgan fingerprint density at radius 1 is 0.478 bits per heavy atom. The largest absolute Gasteiger partial charge is 0.254 e. The fourth-order valence-corrected chi connectivity index (χ4v) is 5.73. The predicted molar refractivity (Wildman–Crippen MR) is 193 cm³/mol. The molecule has 5 aromatic rings. The third-order valence-electron chi connectivity index (χ3n) is 8.40. The summed E-state index contributed by atoms with van der Waals surface area (Å²) >= 11 is 0. The molecule has 0 atom stereocenters. The summed E-state index contributed by atoms with van der Waals surface area (Å²) in [7, 11) is 0. The number of hydrogen-bond donors (Lipinski definition) is 0. The van der Waals surface area contributed by atoms with Gasteiger partial charge >= 0.3 is 0 Å². The van der Waals surface area contributed by atoms with Crippen LogP contribution in [0.2, 0.25) is 0 Å². The number of unbranched alkanes of at least 4 members (excludes halogenated alkanes) is 6. The maximum atomic E-state index is 5.56. The van der Waals surface area contributed by atoms with E-state index in [1.165, 1.54) is 49.7 Å². The van der Waals surface area contributed by atoms with E-state index in [1.54, 1.807) is 0 Å². The van der Waals surface area contributed by atoms with Gasteiger partial charge < -0.3 is 0 Å². The highest BCUT2D eigenvalue weighted by Crippen LogP contribution is 2.31. The summed E-state index contributed by atoms with van der Waals surface area (Å²) in [6, 6.07) is 20.0. The summed E-state index contributed by atoms with van der Waals surface area (Å²) in [6.45, 7) is 4.48. The van der Waals surface area contributed by atoms with Crippen LogP contribution < -0.4 is 0 Å². The molecule has 0 aliphatic heterocycles. The van der Waals surface area contributed by atoms with Gasteiger partial charge in [-0.2, -0.15) is 0 Å². The van der Waals surface area contributed by atoms with Gasteiger partial charge in [-0.05, 0) is 85.3 Å². The Morgan fingerprint density at radius 2 is 0.870 bits per heavy atom. The lowest BCUT2D eigenvalue weighted by molar-refractivity contribution is 0.666. The second-order valence-corrected chi connectivity index (χ2v) is 11.7. The van der Waals surface area contributed by atoms with Crippen molar-refractivity contribution in [1.29, 1.82) is 0 Å². The van der Waals surface area contributed by atoms with Crippen molar-refractivity contribution < 1.29 is 0 Å².